The molecule has 0 unspecified atom stereocenters. The van der Waals surface area contributed by atoms with Gasteiger partial charge in [-0.1, -0.05) is 0 Å². The molecule has 4 heteroatoms. The average Bonchev–Trinajstić information content (AvgIpc) is 2.17. The highest BCUT2D eigenvalue weighted by atomic mass is 32.2. The van der Waals surface area contributed by atoms with Crippen molar-refractivity contribution in [2.45, 2.75) is 36.4 Å². The Hall–Kier alpha value is -0.690. The zero-order chi connectivity index (χ0) is 8.93. The van der Waals surface area contributed by atoms with E-state index in [1.54, 1.807) is 16.7 Å². The summed E-state index contributed by atoms with van der Waals surface area (Å²) in [5.41, 5.74) is 0. The smallest absolute Gasteiger partial charge is 0.227 e. The third-order valence-corrected chi connectivity index (χ3v) is 3.94. The zero-order valence-corrected chi connectivity index (χ0v) is 7.89. The number of carbonyl (C=O) groups excluding carboxylic acids is 1. The Morgan fingerprint density at radius 3 is 2.83 bits per heavy atom. The molecule has 0 saturated carbocycles. The summed E-state index contributed by atoms with van der Waals surface area (Å²) >= 11 is 1.74. The molecule has 0 aromatic rings. The van der Waals surface area contributed by atoms with E-state index in [0.29, 0.717) is 6.42 Å². The summed E-state index contributed by atoms with van der Waals surface area (Å²) < 4.78 is -0.0917. The molecule has 2 aliphatic heterocycles. The second kappa shape index (κ2) is 2.17. The average molecular weight is 182 g/mol. The topological polar surface area (TPSA) is 44.1 Å². The van der Waals surface area contributed by atoms with Gasteiger partial charge in [-0.05, 0) is 13.8 Å². The van der Waals surface area contributed by atoms with Crippen LogP contribution in [-0.2, 0) is 4.79 Å². The van der Waals surface area contributed by atoms with Gasteiger partial charge in [-0.3, -0.25) is 4.79 Å². The largest absolute Gasteiger partial charge is 0.313 e. The summed E-state index contributed by atoms with van der Waals surface area (Å²) in [4.78, 5) is 12.8. The van der Waals surface area contributed by atoms with Crippen molar-refractivity contribution in [1.82, 2.24) is 4.90 Å². The van der Waals surface area contributed by atoms with Crippen LogP contribution in [0.25, 0.3) is 0 Å². The van der Waals surface area contributed by atoms with Gasteiger partial charge in [0.25, 0.3) is 0 Å². The molecule has 0 aromatic heterocycles. The van der Waals surface area contributed by atoms with Crippen LogP contribution in [-0.4, -0.2) is 27.0 Å². The van der Waals surface area contributed by atoms with Gasteiger partial charge in [0.15, 0.2) is 0 Å². The van der Waals surface area contributed by atoms with Gasteiger partial charge >= 0.3 is 0 Å². The van der Waals surface area contributed by atoms with E-state index < -0.39 is 0 Å². The highest BCUT2D eigenvalue weighted by Gasteiger charge is 2.55. The molecule has 2 heterocycles. The summed E-state index contributed by atoms with van der Waals surface area (Å²) in [7, 11) is 0. The number of hydrogen-bond donors (Lipinski definition) is 0. The van der Waals surface area contributed by atoms with E-state index in [0.717, 1.165) is 0 Å². The van der Waals surface area contributed by atoms with Gasteiger partial charge in [-0.2, -0.15) is 5.26 Å². The summed E-state index contributed by atoms with van der Waals surface area (Å²) in [6.45, 7) is 4.05. The van der Waals surface area contributed by atoms with Crippen molar-refractivity contribution < 1.29 is 4.79 Å². The third kappa shape index (κ3) is 0.802. The van der Waals surface area contributed by atoms with Gasteiger partial charge in [0.05, 0.1) is 17.9 Å². The summed E-state index contributed by atoms with van der Waals surface area (Å²) in [5, 5.41) is 9.16. The lowest BCUT2D eigenvalue weighted by Gasteiger charge is -2.35. The number of thioether (sulfide) groups is 1. The van der Waals surface area contributed by atoms with E-state index in [4.69, 9.17) is 5.26 Å². The number of rotatable bonds is 0. The van der Waals surface area contributed by atoms with Gasteiger partial charge < -0.3 is 4.90 Å². The van der Waals surface area contributed by atoms with E-state index in [1.165, 1.54) is 0 Å². The summed E-state index contributed by atoms with van der Waals surface area (Å²) in [5.74, 6) is 0.129. The Kier molecular flexibility index (Phi) is 1.43. The van der Waals surface area contributed by atoms with Crippen molar-refractivity contribution in [3.63, 3.8) is 0 Å². The fraction of sp³-hybridized carbons (Fsp3) is 0.750. The molecule has 1 amide bonds. The van der Waals surface area contributed by atoms with Crippen molar-refractivity contribution in [2.75, 3.05) is 0 Å². The number of nitrogens with zero attached hydrogens (tertiary/aromatic N) is 2. The molecule has 0 aromatic carbocycles. The minimum absolute atomic E-state index is 0.0917. The molecule has 0 aliphatic carbocycles. The molecule has 64 valence electrons. The standard InChI is InChI=1S/C8H10N2OS/c1-8(2)5(4-9)10-6(11)3-7(10)12-8/h5,7H,3H2,1-2H3/t5-,7-/m0/s1. The maximum absolute atomic E-state index is 11.1. The molecule has 2 atom stereocenters. The predicted molar refractivity (Wildman–Crippen MR) is 46.3 cm³/mol. The van der Waals surface area contributed by atoms with Crippen molar-refractivity contribution in [2.24, 2.45) is 0 Å². The number of hydrogen-bond acceptors (Lipinski definition) is 3. The second-order valence-corrected chi connectivity index (χ2v) is 5.54. The Bertz CT molecular complexity index is 281. The number of nitriles is 1. The first-order valence-electron chi connectivity index (χ1n) is 3.95. The van der Waals surface area contributed by atoms with Crippen LogP contribution in [0.5, 0.6) is 0 Å². The van der Waals surface area contributed by atoms with Gasteiger partial charge in [0, 0.05) is 4.75 Å². The van der Waals surface area contributed by atoms with Crippen molar-refractivity contribution in [1.29, 1.82) is 5.26 Å². The maximum atomic E-state index is 11.1. The van der Waals surface area contributed by atoms with Crippen LogP contribution in [0.15, 0.2) is 0 Å². The van der Waals surface area contributed by atoms with Crippen molar-refractivity contribution in [3.05, 3.63) is 0 Å². The Labute approximate surface area is 75.7 Å². The van der Waals surface area contributed by atoms with E-state index in [-0.39, 0.29) is 22.1 Å². The molecule has 0 N–H and O–H groups in total. The summed E-state index contributed by atoms with van der Waals surface area (Å²) in [6.07, 6.45) is 0.617. The third-order valence-electron chi connectivity index (χ3n) is 2.45. The molecule has 2 fully saturated rings. The van der Waals surface area contributed by atoms with Gasteiger partial charge in [-0.25, -0.2) is 0 Å². The van der Waals surface area contributed by atoms with Crippen molar-refractivity contribution in [3.8, 4) is 6.07 Å². The van der Waals surface area contributed by atoms with Crippen LogP contribution < -0.4 is 0 Å². The minimum atomic E-state index is -0.228. The molecule has 0 bridgehead atoms. The van der Waals surface area contributed by atoms with Crippen molar-refractivity contribution >= 4 is 17.7 Å². The first-order valence-corrected chi connectivity index (χ1v) is 4.83. The molecule has 2 aliphatic rings. The Balaban J connectivity index is 2.29. The van der Waals surface area contributed by atoms with Crippen LogP contribution in [0.1, 0.15) is 20.3 Å². The molecule has 2 rings (SSSR count). The fourth-order valence-electron chi connectivity index (χ4n) is 1.78. The predicted octanol–water partition coefficient (Wildman–Crippen LogP) is 0.962. The first kappa shape index (κ1) is 7.93. The zero-order valence-electron chi connectivity index (χ0n) is 7.07. The molecule has 3 nitrogen and oxygen atoms in total. The molecule has 12 heavy (non-hydrogen) atoms. The number of fused-ring (bicyclic) bond motifs is 1. The SMILES string of the molecule is CC1(C)S[C@H]2CC(=O)N2[C@H]1C#N. The van der Waals surface area contributed by atoms with E-state index in [2.05, 4.69) is 6.07 Å². The highest BCUT2D eigenvalue weighted by molar-refractivity contribution is 8.01. The maximum Gasteiger partial charge on any atom is 0.227 e. The fourth-order valence-corrected chi connectivity index (χ4v) is 3.35. The second-order valence-electron chi connectivity index (χ2n) is 3.71. The van der Waals surface area contributed by atoms with E-state index in [1.807, 2.05) is 13.8 Å². The van der Waals surface area contributed by atoms with Crippen LogP contribution in [0.4, 0.5) is 0 Å². The lowest BCUT2D eigenvalue weighted by molar-refractivity contribution is -0.142. The molecule has 2 saturated heterocycles. The van der Waals surface area contributed by atoms with Gasteiger partial charge in [-0.15, -0.1) is 11.8 Å². The van der Waals surface area contributed by atoms with Crippen LogP contribution in [0.3, 0.4) is 0 Å². The molecule has 0 spiro atoms. The summed E-state index contributed by atoms with van der Waals surface area (Å²) in [6, 6.07) is 1.97. The lowest BCUT2D eigenvalue weighted by Crippen LogP contribution is -2.53. The van der Waals surface area contributed by atoms with Crippen LogP contribution in [0.2, 0.25) is 0 Å². The lowest BCUT2D eigenvalue weighted by atomic mass is 10.00. The molecular formula is C8H10N2OS. The first-order chi connectivity index (χ1) is 5.56. The van der Waals surface area contributed by atoms with Gasteiger partial charge in [0.2, 0.25) is 5.91 Å². The monoisotopic (exact) mass is 182 g/mol. The quantitative estimate of drug-likeness (QED) is 0.524. The number of carbonyl (C=O) groups is 1. The molecule has 0 radical (unpaired) electrons. The normalized spacial score (nSPS) is 37.1. The van der Waals surface area contributed by atoms with E-state index in [9.17, 15) is 4.79 Å². The minimum Gasteiger partial charge on any atom is -0.313 e. The van der Waals surface area contributed by atoms with E-state index >= 15 is 0 Å². The molecular weight excluding hydrogens is 172 g/mol. The van der Waals surface area contributed by atoms with Crippen LogP contribution in [0, 0.1) is 11.3 Å². The number of amides is 1. The Morgan fingerprint density at radius 1 is 1.75 bits per heavy atom. The van der Waals surface area contributed by atoms with Crippen LogP contribution >= 0.6 is 11.8 Å². The Morgan fingerprint density at radius 2 is 2.42 bits per heavy atom. The van der Waals surface area contributed by atoms with Gasteiger partial charge in [0.1, 0.15) is 6.04 Å². The highest BCUT2D eigenvalue weighted by Crippen LogP contribution is 2.50. The number of β-lactam (4-membered cyclic amide) rings is 1.